The molecule has 0 bridgehead atoms. The van der Waals surface area contributed by atoms with E-state index in [9.17, 15) is 9.59 Å². The summed E-state index contributed by atoms with van der Waals surface area (Å²) in [5, 5.41) is 0. The molecule has 2 N–H and O–H groups in total. The van der Waals surface area contributed by atoms with Crippen molar-refractivity contribution in [2.45, 2.75) is 50.4 Å². The Labute approximate surface area is 254 Å². The Hall–Kier alpha value is -4.42. The van der Waals surface area contributed by atoms with Crippen molar-refractivity contribution < 1.29 is 9.59 Å². The Bertz CT molecular complexity index is 1450. The first-order valence-electron chi connectivity index (χ1n) is 15.5. The Morgan fingerprint density at radius 2 is 1.30 bits per heavy atom. The Morgan fingerprint density at radius 1 is 0.721 bits per heavy atom. The number of nitrogens with zero attached hydrogens (tertiary/aromatic N) is 3. The van der Waals surface area contributed by atoms with E-state index in [1.165, 1.54) is 5.56 Å². The van der Waals surface area contributed by atoms with Gasteiger partial charge in [-0.1, -0.05) is 115 Å². The van der Waals surface area contributed by atoms with E-state index in [1.807, 2.05) is 69.3 Å². The standard InChI is InChI=1S/C37H40N4O2/c38-24-11-10-18-34-36(42)40(35(31-14-6-2-7-15-31)32-16-8-3-9-17-32)25-23-33-27-39(37(43)41(33)34)26-28-19-21-30(22-20-28)29-12-4-1-5-13-29/h1-9,12-17,19-22,33-35H,10-11,18,23-27,38H2. The second-order valence-electron chi connectivity index (χ2n) is 11.6. The number of rotatable bonds is 10. The summed E-state index contributed by atoms with van der Waals surface area (Å²) in [6.45, 7) is 2.32. The van der Waals surface area contributed by atoms with Crippen LogP contribution in [0.1, 0.15) is 48.4 Å². The Kier molecular flexibility index (Phi) is 8.85. The quantitative estimate of drug-likeness (QED) is 0.221. The first kappa shape index (κ1) is 28.7. The van der Waals surface area contributed by atoms with Gasteiger partial charge in [0, 0.05) is 19.6 Å². The Morgan fingerprint density at radius 3 is 1.91 bits per heavy atom. The third-order valence-corrected chi connectivity index (χ3v) is 8.83. The van der Waals surface area contributed by atoms with Crippen LogP contribution in [0.5, 0.6) is 0 Å². The number of hydrogen-bond donors (Lipinski definition) is 1. The van der Waals surface area contributed by atoms with E-state index in [0.717, 1.165) is 41.5 Å². The van der Waals surface area contributed by atoms with Crippen molar-refractivity contribution in [1.82, 2.24) is 14.7 Å². The van der Waals surface area contributed by atoms with Gasteiger partial charge < -0.3 is 20.4 Å². The molecule has 2 atom stereocenters. The summed E-state index contributed by atoms with van der Waals surface area (Å²) < 4.78 is 0. The van der Waals surface area contributed by atoms with Gasteiger partial charge in [0.1, 0.15) is 6.04 Å². The molecule has 4 aromatic rings. The van der Waals surface area contributed by atoms with Crippen LogP contribution >= 0.6 is 0 Å². The van der Waals surface area contributed by atoms with Crippen LogP contribution < -0.4 is 5.73 Å². The normalized spacial score (nSPS) is 18.7. The molecule has 0 saturated carbocycles. The molecule has 3 amide bonds. The second-order valence-corrected chi connectivity index (χ2v) is 11.6. The maximum Gasteiger partial charge on any atom is 0.321 e. The van der Waals surface area contributed by atoms with E-state index in [1.54, 1.807) is 0 Å². The molecule has 6 nitrogen and oxygen atoms in total. The highest BCUT2D eigenvalue weighted by Gasteiger charge is 2.48. The smallest absolute Gasteiger partial charge is 0.321 e. The second kappa shape index (κ2) is 13.3. The van der Waals surface area contributed by atoms with E-state index in [-0.39, 0.29) is 24.0 Å². The molecular formula is C37H40N4O2. The van der Waals surface area contributed by atoms with Gasteiger partial charge in [0.2, 0.25) is 5.91 Å². The maximum absolute atomic E-state index is 14.5. The SMILES string of the molecule is NCCCCC1C(=O)N(C(c2ccccc2)c2ccccc2)CCC2CN(Cc3ccc(-c4ccccc4)cc3)C(=O)N21. The first-order chi connectivity index (χ1) is 21.1. The number of benzene rings is 4. The van der Waals surface area contributed by atoms with Crippen LogP contribution in [-0.4, -0.2) is 58.4 Å². The number of unbranched alkanes of at least 4 members (excludes halogenated alkanes) is 1. The first-order valence-corrected chi connectivity index (χ1v) is 15.5. The van der Waals surface area contributed by atoms with Crippen LogP contribution in [0.4, 0.5) is 4.79 Å². The summed E-state index contributed by atoms with van der Waals surface area (Å²) in [6.07, 6.45) is 2.99. The zero-order valence-electron chi connectivity index (χ0n) is 24.6. The lowest BCUT2D eigenvalue weighted by Gasteiger charge is -2.35. The molecule has 2 unspecified atom stereocenters. The largest absolute Gasteiger partial charge is 0.330 e. The van der Waals surface area contributed by atoms with E-state index < -0.39 is 6.04 Å². The van der Waals surface area contributed by atoms with Gasteiger partial charge in [0.05, 0.1) is 12.1 Å². The van der Waals surface area contributed by atoms with Gasteiger partial charge in [-0.3, -0.25) is 4.79 Å². The molecule has 220 valence electrons. The molecule has 0 spiro atoms. The molecule has 0 radical (unpaired) electrons. The molecule has 0 aliphatic carbocycles. The molecule has 2 aliphatic rings. The van der Waals surface area contributed by atoms with Crippen molar-refractivity contribution in [3.05, 3.63) is 132 Å². The van der Waals surface area contributed by atoms with Crippen LogP contribution in [0.2, 0.25) is 0 Å². The molecule has 6 rings (SSSR count). The number of fused-ring (bicyclic) bond motifs is 1. The maximum atomic E-state index is 14.5. The van der Waals surface area contributed by atoms with Crippen LogP contribution in [0.3, 0.4) is 0 Å². The van der Waals surface area contributed by atoms with Crippen molar-refractivity contribution in [2.24, 2.45) is 5.73 Å². The molecule has 0 aromatic heterocycles. The zero-order valence-corrected chi connectivity index (χ0v) is 24.6. The summed E-state index contributed by atoms with van der Waals surface area (Å²) in [6, 6.07) is 38.5. The molecule has 43 heavy (non-hydrogen) atoms. The lowest BCUT2D eigenvalue weighted by molar-refractivity contribution is -0.136. The topological polar surface area (TPSA) is 69.9 Å². The van der Waals surface area contributed by atoms with Crippen molar-refractivity contribution in [2.75, 3.05) is 19.6 Å². The summed E-state index contributed by atoms with van der Waals surface area (Å²) in [4.78, 5) is 34.4. The predicted octanol–water partition coefficient (Wildman–Crippen LogP) is 6.48. The monoisotopic (exact) mass is 572 g/mol. The zero-order chi connectivity index (χ0) is 29.6. The molecule has 2 aliphatic heterocycles. The van der Waals surface area contributed by atoms with Crippen molar-refractivity contribution in [3.63, 3.8) is 0 Å². The fraction of sp³-hybridized carbons (Fsp3) is 0.297. The van der Waals surface area contributed by atoms with Crippen LogP contribution in [0.15, 0.2) is 115 Å². The summed E-state index contributed by atoms with van der Waals surface area (Å²) in [5.41, 5.74) is 11.4. The van der Waals surface area contributed by atoms with Gasteiger partial charge in [-0.15, -0.1) is 0 Å². The van der Waals surface area contributed by atoms with Gasteiger partial charge >= 0.3 is 6.03 Å². The average Bonchev–Trinajstić information content (AvgIpc) is 3.29. The minimum absolute atomic E-state index is 0.0138. The van der Waals surface area contributed by atoms with Gasteiger partial charge in [-0.25, -0.2) is 4.79 Å². The molecule has 4 aromatic carbocycles. The lowest BCUT2D eigenvalue weighted by Crippen LogP contribution is -2.50. The molecule has 6 heteroatoms. The van der Waals surface area contributed by atoms with Crippen LogP contribution in [0, 0.1) is 0 Å². The minimum atomic E-state index is -0.507. The van der Waals surface area contributed by atoms with Crippen LogP contribution in [0.25, 0.3) is 11.1 Å². The number of amides is 3. The van der Waals surface area contributed by atoms with Gasteiger partial charge in [0.15, 0.2) is 0 Å². The van der Waals surface area contributed by atoms with E-state index in [2.05, 4.69) is 60.7 Å². The number of carbonyl (C=O) groups excluding carboxylic acids is 2. The highest BCUT2D eigenvalue weighted by Crippen LogP contribution is 2.36. The fourth-order valence-corrected chi connectivity index (χ4v) is 6.68. The summed E-state index contributed by atoms with van der Waals surface area (Å²) in [7, 11) is 0. The van der Waals surface area contributed by atoms with Crippen molar-refractivity contribution >= 4 is 11.9 Å². The number of hydrogen-bond acceptors (Lipinski definition) is 3. The van der Waals surface area contributed by atoms with Gasteiger partial charge in [0.25, 0.3) is 0 Å². The van der Waals surface area contributed by atoms with E-state index in [0.29, 0.717) is 32.6 Å². The summed E-state index contributed by atoms with van der Waals surface area (Å²) >= 11 is 0. The number of carbonyl (C=O) groups is 2. The number of nitrogens with two attached hydrogens (primary N) is 1. The minimum Gasteiger partial charge on any atom is -0.330 e. The van der Waals surface area contributed by atoms with Gasteiger partial charge in [-0.2, -0.15) is 0 Å². The van der Waals surface area contributed by atoms with E-state index in [4.69, 9.17) is 5.73 Å². The van der Waals surface area contributed by atoms with Crippen molar-refractivity contribution in [1.29, 1.82) is 0 Å². The highest BCUT2D eigenvalue weighted by molar-refractivity contribution is 5.89. The predicted molar refractivity (Wildman–Crippen MR) is 171 cm³/mol. The molecular weight excluding hydrogens is 532 g/mol. The van der Waals surface area contributed by atoms with Gasteiger partial charge in [-0.05, 0) is 60.0 Å². The van der Waals surface area contributed by atoms with Crippen LogP contribution in [-0.2, 0) is 11.3 Å². The average molecular weight is 573 g/mol. The molecule has 2 fully saturated rings. The van der Waals surface area contributed by atoms with E-state index >= 15 is 0 Å². The Balaban J connectivity index is 1.25. The van der Waals surface area contributed by atoms with Crippen molar-refractivity contribution in [3.8, 4) is 11.1 Å². The molecule has 2 heterocycles. The highest BCUT2D eigenvalue weighted by atomic mass is 16.2. The molecule has 2 saturated heterocycles. The summed E-state index contributed by atoms with van der Waals surface area (Å²) in [5.74, 6) is 0.0274. The third-order valence-electron chi connectivity index (χ3n) is 8.83. The third kappa shape index (κ3) is 6.20. The fourth-order valence-electron chi connectivity index (χ4n) is 6.68. The lowest BCUT2D eigenvalue weighted by atomic mass is 9.95. The number of urea groups is 1.